The average molecular weight is 290 g/mol. The van der Waals surface area contributed by atoms with Crippen LogP contribution >= 0.6 is 0 Å². The lowest BCUT2D eigenvalue weighted by Gasteiger charge is -2.05. The van der Waals surface area contributed by atoms with E-state index in [1.54, 1.807) is 30.3 Å². The molecule has 0 aliphatic carbocycles. The molecule has 2 rings (SSSR count). The zero-order valence-electron chi connectivity index (χ0n) is 12.7. The molecule has 0 saturated heterocycles. The van der Waals surface area contributed by atoms with Gasteiger partial charge in [-0.2, -0.15) is 5.26 Å². The molecule has 0 spiro atoms. The molecule has 0 atom stereocenters. The number of carbonyl (C=O) groups excluding carboxylic acids is 1. The fourth-order valence-corrected chi connectivity index (χ4v) is 2.03. The molecule has 110 valence electrons. The third-order valence-corrected chi connectivity index (χ3v) is 3.34. The monoisotopic (exact) mass is 290 g/mol. The van der Waals surface area contributed by atoms with Crippen LogP contribution in [0.15, 0.2) is 54.6 Å². The van der Waals surface area contributed by atoms with Crippen molar-refractivity contribution >= 4 is 17.7 Å². The van der Waals surface area contributed by atoms with Crippen molar-refractivity contribution in [2.24, 2.45) is 0 Å². The zero-order valence-corrected chi connectivity index (χ0v) is 12.7. The molecule has 0 aliphatic heterocycles. The second kappa shape index (κ2) is 7.24. The number of amides is 1. The second-order valence-electron chi connectivity index (χ2n) is 5.30. The Hall–Kier alpha value is -2.86. The van der Waals surface area contributed by atoms with Gasteiger partial charge in [-0.3, -0.25) is 4.79 Å². The molecule has 2 aromatic carbocycles. The molecule has 0 aliphatic rings. The Balaban J connectivity index is 2.04. The number of nitrogens with zero attached hydrogens (tertiary/aromatic N) is 1. The summed E-state index contributed by atoms with van der Waals surface area (Å²) in [6, 6.07) is 17.1. The molecule has 0 unspecified atom stereocenters. The van der Waals surface area contributed by atoms with Crippen LogP contribution in [0.1, 0.15) is 36.5 Å². The minimum absolute atomic E-state index is 0.254. The molecular weight excluding hydrogens is 272 g/mol. The van der Waals surface area contributed by atoms with E-state index in [2.05, 4.69) is 37.4 Å². The highest BCUT2D eigenvalue weighted by Crippen LogP contribution is 2.16. The maximum Gasteiger partial charge on any atom is 0.248 e. The number of nitrogens with one attached hydrogen (secondary N) is 1. The first kappa shape index (κ1) is 15.5. The Bertz CT molecular complexity index is 722. The van der Waals surface area contributed by atoms with Gasteiger partial charge in [-0.05, 0) is 35.3 Å². The number of hydrogen-bond acceptors (Lipinski definition) is 2. The van der Waals surface area contributed by atoms with Gasteiger partial charge in [-0.25, -0.2) is 0 Å². The summed E-state index contributed by atoms with van der Waals surface area (Å²) in [7, 11) is 0. The van der Waals surface area contributed by atoms with E-state index in [4.69, 9.17) is 5.26 Å². The van der Waals surface area contributed by atoms with Crippen molar-refractivity contribution in [2.45, 2.75) is 19.8 Å². The fraction of sp³-hybridized carbons (Fsp3) is 0.158. The Morgan fingerprint density at radius 2 is 1.82 bits per heavy atom. The Morgan fingerprint density at radius 1 is 1.14 bits per heavy atom. The summed E-state index contributed by atoms with van der Waals surface area (Å²) >= 11 is 0. The molecular formula is C19H18N2O. The van der Waals surface area contributed by atoms with Crippen LogP contribution < -0.4 is 5.32 Å². The minimum Gasteiger partial charge on any atom is -0.321 e. The van der Waals surface area contributed by atoms with Gasteiger partial charge in [0.25, 0.3) is 0 Å². The number of para-hydroxylation sites is 1. The molecule has 0 bridgehead atoms. The summed E-state index contributed by atoms with van der Waals surface area (Å²) in [5.74, 6) is 0.236. The summed E-state index contributed by atoms with van der Waals surface area (Å²) in [6.07, 6.45) is 3.23. The number of hydrogen-bond donors (Lipinski definition) is 1. The maximum atomic E-state index is 11.9. The van der Waals surface area contributed by atoms with Gasteiger partial charge in [0.2, 0.25) is 5.91 Å². The molecule has 1 N–H and O–H groups in total. The fourth-order valence-electron chi connectivity index (χ4n) is 2.03. The zero-order chi connectivity index (χ0) is 15.9. The molecule has 3 heteroatoms. The molecule has 1 amide bonds. The van der Waals surface area contributed by atoms with Gasteiger partial charge in [0.1, 0.15) is 6.07 Å². The molecule has 2 aromatic rings. The number of anilines is 1. The predicted octanol–water partition coefficient (Wildman–Crippen LogP) is 4.33. The van der Waals surface area contributed by atoms with E-state index in [1.807, 2.05) is 12.1 Å². The number of carbonyl (C=O) groups is 1. The Kier molecular flexibility index (Phi) is 5.11. The van der Waals surface area contributed by atoms with Crippen LogP contribution in [-0.2, 0) is 4.79 Å². The molecule has 22 heavy (non-hydrogen) atoms. The highest BCUT2D eigenvalue weighted by molar-refractivity contribution is 6.02. The third kappa shape index (κ3) is 4.07. The lowest BCUT2D eigenvalue weighted by molar-refractivity contribution is -0.111. The Morgan fingerprint density at radius 3 is 2.45 bits per heavy atom. The van der Waals surface area contributed by atoms with E-state index in [0.717, 1.165) is 5.56 Å². The number of benzene rings is 2. The molecule has 0 heterocycles. The lowest BCUT2D eigenvalue weighted by atomic mass is 10.0. The van der Waals surface area contributed by atoms with Gasteiger partial charge in [0.15, 0.2) is 0 Å². The Labute approximate surface area is 130 Å². The van der Waals surface area contributed by atoms with Crippen molar-refractivity contribution in [3.05, 3.63) is 71.3 Å². The predicted molar refractivity (Wildman–Crippen MR) is 89.4 cm³/mol. The van der Waals surface area contributed by atoms with E-state index < -0.39 is 0 Å². The van der Waals surface area contributed by atoms with Gasteiger partial charge >= 0.3 is 0 Å². The van der Waals surface area contributed by atoms with Crippen molar-refractivity contribution in [3.8, 4) is 6.07 Å². The van der Waals surface area contributed by atoms with Crippen molar-refractivity contribution in [2.75, 3.05) is 5.32 Å². The van der Waals surface area contributed by atoms with Gasteiger partial charge < -0.3 is 5.32 Å². The van der Waals surface area contributed by atoms with Crippen LogP contribution in [0, 0.1) is 11.3 Å². The summed E-state index contributed by atoms with van der Waals surface area (Å²) < 4.78 is 0. The smallest absolute Gasteiger partial charge is 0.248 e. The first-order valence-electron chi connectivity index (χ1n) is 7.18. The van der Waals surface area contributed by atoms with Crippen molar-refractivity contribution < 1.29 is 4.79 Å². The van der Waals surface area contributed by atoms with E-state index in [9.17, 15) is 4.79 Å². The van der Waals surface area contributed by atoms with Crippen molar-refractivity contribution in [3.63, 3.8) is 0 Å². The first-order valence-corrected chi connectivity index (χ1v) is 7.18. The van der Waals surface area contributed by atoms with Crippen LogP contribution in [0.4, 0.5) is 5.69 Å². The van der Waals surface area contributed by atoms with Crippen molar-refractivity contribution in [1.29, 1.82) is 5.26 Å². The topological polar surface area (TPSA) is 52.9 Å². The average Bonchev–Trinajstić information content (AvgIpc) is 2.54. The van der Waals surface area contributed by atoms with E-state index in [1.165, 1.54) is 11.6 Å². The SMILES string of the molecule is CC(C)c1ccc(C=CC(=O)Nc2ccccc2C#N)cc1. The van der Waals surface area contributed by atoms with Crippen LogP contribution in [0.25, 0.3) is 6.08 Å². The van der Waals surface area contributed by atoms with Gasteiger partial charge in [-0.15, -0.1) is 0 Å². The molecule has 0 fully saturated rings. The first-order chi connectivity index (χ1) is 10.6. The van der Waals surface area contributed by atoms with Crippen LogP contribution in [0.2, 0.25) is 0 Å². The standard InChI is InChI=1S/C19H18N2O/c1-14(2)16-10-7-15(8-11-16)9-12-19(22)21-18-6-4-3-5-17(18)13-20/h3-12,14H,1-2H3,(H,21,22). The van der Waals surface area contributed by atoms with Gasteiger partial charge in [0, 0.05) is 6.08 Å². The lowest BCUT2D eigenvalue weighted by Crippen LogP contribution is -2.08. The van der Waals surface area contributed by atoms with Crippen LogP contribution in [0.3, 0.4) is 0 Å². The summed E-state index contributed by atoms with van der Waals surface area (Å²) in [5, 5.41) is 11.7. The summed E-state index contributed by atoms with van der Waals surface area (Å²) in [4.78, 5) is 11.9. The summed E-state index contributed by atoms with van der Waals surface area (Å²) in [6.45, 7) is 4.29. The molecule has 3 nitrogen and oxygen atoms in total. The minimum atomic E-state index is -0.254. The van der Waals surface area contributed by atoms with E-state index >= 15 is 0 Å². The van der Waals surface area contributed by atoms with Crippen LogP contribution in [-0.4, -0.2) is 5.91 Å². The molecule has 0 radical (unpaired) electrons. The largest absolute Gasteiger partial charge is 0.321 e. The summed E-state index contributed by atoms with van der Waals surface area (Å²) in [5.41, 5.74) is 3.21. The molecule has 0 saturated carbocycles. The maximum absolute atomic E-state index is 11.9. The normalized spacial score (nSPS) is 10.6. The quantitative estimate of drug-likeness (QED) is 0.852. The van der Waals surface area contributed by atoms with E-state index in [0.29, 0.717) is 17.2 Å². The number of rotatable bonds is 4. The third-order valence-electron chi connectivity index (χ3n) is 3.34. The van der Waals surface area contributed by atoms with Crippen LogP contribution in [0.5, 0.6) is 0 Å². The van der Waals surface area contributed by atoms with Gasteiger partial charge in [-0.1, -0.05) is 50.2 Å². The second-order valence-corrected chi connectivity index (χ2v) is 5.30. The highest BCUT2D eigenvalue weighted by Gasteiger charge is 2.03. The van der Waals surface area contributed by atoms with E-state index in [-0.39, 0.29) is 5.91 Å². The number of nitriles is 1. The van der Waals surface area contributed by atoms with Crippen molar-refractivity contribution in [1.82, 2.24) is 0 Å². The molecule has 0 aromatic heterocycles. The highest BCUT2D eigenvalue weighted by atomic mass is 16.1. The van der Waals surface area contributed by atoms with Gasteiger partial charge in [0.05, 0.1) is 11.3 Å².